The fourth-order valence-electron chi connectivity index (χ4n) is 1.51. The molecule has 0 unspecified atom stereocenters. The van der Waals surface area contributed by atoms with Gasteiger partial charge in [0.25, 0.3) is 5.91 Å². The van der Waals surface area contributed by atoms with E-state index in [4.69, 9.17) is 9.84 Å². The Morgan fingerprint density at radius 3 is 2.74 bits per heavy atom. The monoisotopic (exact) mass is 267 g/mol. The molecule has 0 aliphatic heterocycles. The van der Waals surface area contributed by atoms with Gasteiger partial charge in [-0.2, -0.15) is 0 Å². The Labute approximate surface area is 111 Å². The van der Waals surface area contributed by atoms with Crippen molar-refractivity contribution in [1.29, 1.82) is 0 Å². The van der Waals surface area contributed by atoms with Crippen molar-refractivity contribution in [1.82, 2.24) is 15.3 Å². The fourth-order valence-corrected chi connectivity index (χ4v) is 1.51. The number of rotatable bonds is 6. The quantitative estimate of drug-likeness (QED) is 0.779. The van der Waals surface area contributed by atoms with Crippen LogP contribution >= 0.6 is 0 Å². The molecule has 7 nitrogen and oxygen atoms in total. The zero-order chi connectivity index (χ0) is 14.5. The lowest BCUT2D eigenvalue weighted by Crippen LogP contribution is -2.46. The van der Waals surface area contributed by atoms with Crippen LogP contribution in [0.1, 0.15) is 25.8 Å². The van der Waals surface area contributed by atoms with Gasteiger partial charge in [0.1, 0.15) is 6.33 Å². The van der Waals surface area contributed by atoms with Gasteiger partial charge in [-0.05, 0) is 20.8 Å². The first-order chi connectivity index (χ1) is 8.80. The van der Waals surface area contributed by atoms with Gasteiger partial charge in [-0.3, -0.25) is 9.59 Å². The molecule has 0 aliphatic rings. The smallest absolute Gasteiger partial charge is 0.305 e. The van der Waals surface area contributed by atoms with Crippen molar-refractivity contribution in [2.24, 2.45) is 0 Å². The van der Waals surface area contributed by atoms with Crippen LogP contribution in [0.2, 0.25) is 0 Å². The number of nitrogens with zero attached hydrogens (tertiary/aromatic N) is 2. The normalized spacial score (nSPS) is 10.9. The highest BCUT2D eigenvalue weighted by Gasteiger charge is 2.24. The summed E-state index contributed by atoms with van der Waals surface area (Å²) in [5, 5.41) is 11.3. The average molecular weight is 267 g/mol. The summed E-state index contributed by atoms with van der Waals surface area (Å²) in [6.45, 7) is 4.81. The summed E-state index contributed by atoms with van der Waals surface area (Å²) in [6.07, 6.45) is 2.74. The van der Waals surface area contributed by atoms with Crippen LogP contribution in [0.4, 0.5) is 0 Å². The molecule has 0 aromatic carbocycles. The van der Waals surface area contributed by atoms with Crippen molar-refractivity contribution in [3.8, 4) is 5.88 Å². The highest BCUT2D eigenvalue weighted by Crippen LogP contribution is 2.11. The van der Waals surface area contributed by atoms with Gasteiger partial charge in [-0.1, -0.05) is 0 Å². The Balaban J connectivity index is 2.48. The van der Waals surface area contributed by atoms with Crippen LogP contribution in [0.25, 0.3) is 0 Å². The maximum Gasteiger partial charge on any atom is 0.305 e. The lowest BCUT2D eigenvalue weighted by atomic mass is 10.0. The van der Waals surface area contributed by atoms with Gasteiger partial charge in [0, 0.05) is 17.3 Å². The Morgan fingerprint density at radius 1 is 1.47 bits per heavy atom. The first kappa shape index (κ1) is 14.9. The summed E-state index contributed by atoms with van der Waals surface area (Å²) >= 11 is 0. The molecule has 19 heavy (non-hydrogen) atoms. The molecular formula is C12H17N3O4. The molecular weight excluding hydrogens is 250 g/mol. The molecule has 0 atom stereocenters. The second-order valence-electron chi connectivity index (χ2n) is 4.80. The highest BCUT2D eigenvalue weighted by molar-refractivity contribution is 5.79. The van der Waals surface area contributed by atoms with E-state index >= 15 is 0 Å². The van der Waals surface area contributed by atoms with E-state index in [0.29, 0.717) is 5.88 Å². The second kappa shape index (κ2) is 6.12. The minimum atomic E-state index is -0.974. The lowest BCUT2D eigenvalue weighted by molar-refractivity contribution is -0.138. The highest BCUT2D eigenvalue weighted by atomic mass is 16.5. The average Bonchev–Trinajstić information content (AvgIpc) is 2.25. The molecule has 0 radical (unpaired) electrons. The summed E-state index contributed by atoms with van der Waals surface area (Å²) in [7, 11) is 0. The Kier molecular flexibility index (Phi) is 4.80. The number of amides is 1. The number of carboxylic acid groups (broad SMARTS) is 1. The third-order valence-corrected chi connectivity index (χ3v) is 2.26. The van der Waals surface area contributed by atoms with Gasteiger partial charge in [-0.15, -0.1) is 0 Å². The molecule has 0 spiro atoms. The Hall–Kier alpha value is -2.18. The molecule has 0 fully saturated rings. The van der Waals surface area contributed by atoms with Crippen LogP contribution in [0.3, 0.4) is 0 Å². The summed E-state index contributed by atoms with van der Waals surface area (Å²) in [5.74, 6) is -1.04. The van der Waals surface area contributed by atoms with Crippen molar-refractivity contribution in [3.05, 3.63) is 18.1 Å². The number of ether oxygens (including phenoxy) is 1. The largest absolute Gasteiger partial charge is 0.481 e. The van der Waals surface area contributed by atoms with Crippen molar-refractivity contribution < 1.29 is 19.4 Å². The number of aryl methyl sites for hydroxylation is 1. The van der Waals surface area contributed by atoms with Crippen molar-refractivity contribution in [2.45, 2.75) is 32.7 Å². The van der Waals surface area contributed by atoms with Crippen LogP contribution < -0.4 is 10.1 Å². The van der Waals surface area contributed by atoms with E-state index in [0.717, 1.165) is 5.56 Å². The van der Waals surface area contributed by atoms with Crippen molar-refractivity contribution >= 4 is 11.9 Å². The molecule has 2 N–H and O–H groups in total. The maximum atomic E-state index is 11.7. The van der Waals surface area contributed by atoms with E-state index in [1.807, 2.05) is 0 Å². The maximum absolute atomic E-state index is 11.7. The second-order valence-corrected chi connectivity index (χ2v) is 4.80. The first-order valence-corrected chi connectivity index (χ1v) is 5.72. The van der Waals surface area contributed by atoms with Crippen molar-refractivity contribution in [3.63, 3.8) is 0 Å². The standard InChI is InChI=1S/C12H17N3O4/c1-8-5-13-7-14-11(8)19-6-9(16)15-12(2,3)4-10(17)18/h5,7H,4,6H2,1-3H3,(H,15,16)(H,17,18). The summed E-state index contributed by atoms with van der Waals surface area (Å²) in [4.78, 5) is 30.0. The van der Waals surface area contributed by atoms with Gasteiger partial charge < -0.3 is 15.2 Å². The number of carbonyl (C=O) groups is 2. The fraction of sp³-hybridized carbons (Fsp3) is 0.500. The first-order valence-electron chi connectivity index (χ1n) is 5.72. The topological polar surface area (TPSA) is 101 Å². The molecule has 0 bridgehead atoms. The van der Waals surface area contributed by atoms with Gasteiger partial charge in [-0.25, -0.2) is 9.97 Å². The van der Waals surface area contributed by atoms with Gasteiger partial charge in [0.15, 0.2) is 6.61 Å². The predicted molar refractivity (Wildman–Crippen MR) is 66.7 cm³/mol. The van der Waals surface area contributed by atoms with Crippen molar-refractivity contribution in [2.75, 3.05) is 6.61 Å². The Bertz CT molecular complexity index is 474. The summed E-state index contributed by atoms with van der Waals surface area (Å²) in [5.41, 5.74) is -0.104. The predicted octanol–water partition coefficient (Wildman–Crippen LogP) is 0.533. The molecule has 1 aromatic rings. The molecule has 1 amide bonds. The third-order valence-electron chi connectivity index (χ3n) is 2.26. The number of nitrogens with one attached hydrogen (secondary N) is 1. The minimum Gasteiger partial charge on any atom is -0.481 e. The third kappa shape index (κ3) is 5.33. The van der Waals surface area contributed by atoms with Crippen LogP contribution in [-0.2, 0) is 9.59 Å². The minimum absolute atomic E-state index is 0.161. The zero-order valence-electron chi connectivity index (χ0n) is 11.1. The number of carboxylic acids is 1. The van der Waals surface area contributed by atoms with Crippen LogP contribution in [0, 0.1) is 6.92 Å². The van der Waals surface area contributed by atoms with Crippen LogP contribution in [0.5, 0.6) is 5.88 Å². The number of aromatic nitrogens is 2. The summed E-state index contributed by atoms with van der Waals surface area (Å²) < 4.78 is 5.24. The number of hydrogen-bond acceptors (Lipinski definition) is 5. The van der Waals surface area contributed by atoms with E-state index in [9.17, 15) is 9.59 Å². The van der Waals surface area contributed by atoms with Crippen LogP contribution in [-0.4, -0.2) is 39.1 Å². The molecule has 0 saturated carbocycles. The van der Waals surface area contributed by atoms with Gasteiger partial charge in [0.2, 0.25) is 5.88 Å². The molecule has 1 aromatic heterocycles. The number of aliphatic carboxylic acids is 1. The molecule has 1 rings (SSSR count). The van der Waals surface area contributed by atoms with E-state index in [1.54, 1.807) is 27.0 Å². The van der Waals surface area contributed by atoms with Gasteiger partial charge >= 0.3 is 5.97 Å². The van der Waals surface area contributed by atoms with E-state index in [-0.39, 0.29) is 13.0 Å². The molecule has 104 valence electrons. The number of carbonyl (C=O) groups excluding carboxylic acids is 1. The SMILES string of the molecule is Cc1cncnc1OCC(=O)NC(C)(C)CC(=O)O. The molecule has 0 saturated heterocycles. The Morgan fingerprint density at radius 2 is 2.16 bits per heavy atom. The molecule has 0 aliphatic carbocycles. The van der Waals surface area contributed by atoms with E-state index < -0.39 is 17.4 Å². The van der Waals surface area contributed by atoms with E-state index in [1.165, 1.54) is 6.33 Å². The summed E-state index contributed by atoms with van der Waals surface area (Å²) in [6, 6.07) is 0. The zero-order valence-corrected chi connectivity index (χ0v) is 11.1. The van der Waals surface area contributed by atoms with E-state index in [2.05, 4.69) is 15.3 Å². The lowest BCUT2D eigenvalue weighted by Gasteiger charge is -2.24. The van der Waals surface area contributed by atoms with Crippen LogP contribution in [0.15, 0.2) is 12.5 Å². The van der Waals surface area contributed by atoms with Gasteiger partial charge in [0.05, 0.1) is 6.42 Å². The molecule has 1 heterocycles. The number of hydrogen-bond donors (Lipinski definition) is 2. The molecule has 7 heteroatoms.